The van der Waals surface area contributed by atoms with Crippen LogP contribution in [0.4, 0.5) is 0 Å². The first kappa shape index (κ1) is 11.6. The zero-order valence-corrected chi connectivity index (χ0v) is 11.6. The maximum Gasteiger partial charge on any atom is 0.187 e. The Bertz CT molecular complexity index is 1300. The molecule has 0 aliphatic rings. The van der Waals surface area contributed by atoms with Crippen LogP contribution in [0.3, 0.4) is 0 Å². The van der Waals surface area contributed by atoms with Gasteiger partial charge < -0.3 is 0 Å². The van der Waals surface area contributed by atoms with Crippen molar-refractivity contribution in [1.29, 1.82) is 0 Å². The lowest BCUT2D eigenvalue weighted by Gasteiger charge is -2.12. The largest absolute Gasteiger partial charge is 0.290 e. The second-order valence-corrected chi connectivity index (χ2v) is 5.75. The zero-order chi connectivity index (χ0) is 14.8. The van der Waals surface area contributed by atoms with Gasteiger partial charge in [-0.2, -0.15) is 0 Å². The highest BCUT2D eigenvalue weighted by atomic mass is 16.1. The van der Waals surface area contributed by atoms with E-state index < -0.39 is 0 Å². The molecule has 0 aliphatic heterocycles. The highest BCUT2D eigenvalue weighted by Gasteiger charge is 2.13. The molecule has 0 radical (unpaired) electrons. The van der Waals surface area contributed by atoms with Crippen LogP contribution in [0.1, 0.15) is 0 Å². The smallest absolute Gasteiger partial charge is 0.187 e. The predicted molar refractivity (Wildman–Crippen MR) is 91.4 cm³/mol. The summed E-state index contributed by atoms with van der Waals surface area (Å²) in [6.07, 6.45) is 0. The molecule has 0 aromatic heterocycles. The van der Waals surface area contributed by atoms with Gasteiger partial charge in [-0.3, -0.25) is 9.59 Å². The third-order valence-corrected chi connectivity index (χ3v) is 4.51. The summed E-state index contributed by atoms with van der Waals surface area (Å²) in [4.78, 5) is 24.3. The Labute approximate surface area is 124 Å². The molecule has 0 bridgehead atoms. The van der Waals surface area contributed by atoms with E-state index in [2.05, 4.69) is 18.2 Å². The Kier molecular flexibility index (Phi) is 2.01. The molecule has 0 N–H and O–H groups in total. The average molecular weight is 282 g/mol. The Hall–Kier alpha value is -3.00. The molecule has 0 heterocycles. The fraction of sp³-hybridized carbons (Fsp3) is 0. The van der Waals surface area contributed by atoms with Crippen molar-refractivity contribution < 1.29 is 0 Å². The molecular weight excluding hydrogens is 272 g/mol. The molecule has 102 valence electrons. The third kappa shape index (κ3) is 1.34. The SMILES string of the molecule is O=c1ccc2cc3ccc4cccc5c(=O)cc(c2c1)c3c45. The van der Waals surface area contributed by atoms with Crippen LogP contribution in [-0.2, 0) is 0 Å². The molecule has 0 amide bonds. The lowest BCUT2D eigenvalue weighted by atomic mass is 9.91. The first-order valence-electron chi connectivity index (χ1n) is 7.21. The van der Waals surface area contributed by atoms with Gasteiger partial charge in [0.25, 0.3) is 0 Å². The molecule has 2 nitrogen and oxygen atoms in total. The predicted octanol–water partition coefficient (Wildman–Crippen LogP) is 3.90. The standard InChI is InChI=1S/C20H10O2/c21-14-7-6-12-8-13-5-4-11-2-1-3-15-18(22)10-17(16(12)9-14)20(13)19(11)15/h1-10H. The van der Waals surface area contributed by atoms with E-state index in [1.807, 2.05) is 24.3 Å². The Morgan fingerprint density at radius 2 is 1.32 bits per heavy atom. The van der Waals surface area contributed by atoms with Crippen molar-refractivity contribution in [3.8, 4) is 0 Å². The molecule has 0 atom stereocenters. The normalized spacial score (nSPS) is 12.0. The summed E-state index contributed by atoms with van der Waals surface area (Å²) in [6.45, 7) is 0. The maximum absolute atomic E-state index is 12.5. The molecule has 2 heteroatoms. The van der Waals surface area contributed by atoms with Gasteiger partial charge in [-0.25, -0.2) is 0 Å². The van der Waals surface area contributed by atoms with Gasteiger partial charge >= 0.3 is 0 Å². The van der Waals surface area contributed by atoms with Crippen molar-refractivity contribution in [2.24, 2.45) is 0 Å². The molecule has 0 saturated heterocycles. The van der Waals surface area contributed by atoms with Crippen LogP contribution in [0.2, 0.25) is 0 Å². The quantitative estimate of drug-likeness (QED) is 0.319. The van der Waals surface area contributed by atoms with Crippen LogP contribution in [0.5, 0.6) is 0 Å². The van der Waals surface area contributed by atoms with E-state index in [1.54, 1.807) is 18.2 Å². The maximum atomic E-state index is 12.5. The number of hydrogen-bond acceptors (Lipinski definition) is 2. The summed E-state index contributed by atoms with van der Waals surface area (Å²) in [5, 5.41) is 7.70. The van der Waals surface area contributed by atoms with Gasteiger partial charge in [-0.15, -0.1) is 0 Å². The van der Waals surface area contributed by atoms with Crippen LogP contribution in [-0.4, -0.2) is 0 Å². The highest BCUT2D eigenvalue weighted by molar-refractivity contribution is 6.28. The fourth-order valence-corrected chi connectivity index (χ4v) is 3.57. The van der Waals surface area contributed by atoms with Gasteiger partial charge in [0, 0.05) is 10.8 Å². The number of fused-ring (bicyclic) bond motifs is 2. The van der Waals surface area contributed by atoms with Crippen LogP contribution in [0.15, 0.2) is 70.3 Å². The molecule has 0 unspecified atom stereocenters. The van der Waals surface area contributed by atoms with Crippen molar-refractivity contribution >= 4 is 43.1 Å². The molecule has 0 aliphatic carbocycles. The number of hydrogen-bond donors (Lipinski definition) is 0. The summed E-state index contributed by atoms with van der Waals surface area (Å²) in [5.74, 6) is 0. The topological polar surface area (TPSA) is 34.1 Å². The van der Waals surface area contributed by atoms with Gasteiger partial charge in [0.2, 0.25) is 0 Å². The van der Waals surface area contributed by atoms with E-state index in [9.17, 15) is 9.59 Å². The van der Waals surface area contributed by atoms with E-state index in [1.165, 1.54) is 0 Å². The molecule has 5 aromatic rings. The Morgan fingerprint density at radius 3 is 2.23 bits per heavy atom. The number of rotatable bonds is 0. The average Bonchev–Trinajstić information content (AvgIpc) is 2.53. The first-order chi connectivity index (χ1) is 10.7. The van der Waals surface area contributed by atoms with Gasteiger partial charge in [-0.1, -0.05) is 36.4 Å². The summed E-state index contributed by atoms with van der Waals surface area (Å²) < 4.78 is 0. The highest BCUT2D eigenvalue weighted by Crippen LogP contribution is 2.36. The molecule has 0 saturated carbocycles. The van der Waals surface area contributed by atoms with Gasteiger partial charge in [0.05, 0.1) is 0 Å². The van der Waals surface area contributed by atoms with Crippen LogP contribution in [0, 0.1) is 0 Å². The molecule has 0 spiro atoms. The van der Waals surface area contributed by atoms with Gasteiger partial charge in [-0.05, 0) is 56.6 Å². The summed E-state index contributed by atoms with van der Waals surface area (Å²) in [7, 11) is 0. The van der Waals surface area contributed by atoms with Crippen molar-refractivity contribution in [3.63, 3.8) is 0 Å². The lowest BCUT2D eigenvalue weighted by Crippen LogP contribution is -2.02. The minimum absolute atomic E-state index is 0.00871. The van der Waals surface area contributed by atoms with Crippen molar-refractivity contribution in [1.82, 2.24) is 0 Å². The van der Waals surface area contributed by atoms with Crippen LogP contribution < -0.4 is 10.9 Å². The first-order valence-corrected chi connectivity index (χ1v) is 7.21. The minimum atomic E-state index is -0.0324. The van der Waals surface area contributed by atoms with E-state index in [-0.39, 0.29) is 10.9 Å². The van der Waals surface area contributed by atoms with Gasteiger partial charge in [0.15, 0.2) is 10.9 Å². The second-order valence-electron chi connectivity index (χ2n) is 5.75. The third-order valence-electron chi connectivity index (χ3n) is 4.51. The van der Waals surface area contributed by atoms with E-state index in [0.717, 1.165) is 43.1 Å². The van der Waals surface area contributed by atoms with Crippen molar-refractivity contribution in [3.05, 3.63) is 81.1 Å². The molecule has 5 aromatic carbocycles. The molecule has 22 heavy (non-hydrogen) atoms. The van der Waals surface area contributed by atoms with Crippen LogP contribution >= 0.6 is 0 Å². The van der Waals surface area contributed by atoms with E-state index >= 15 is 0 Å². The Balaban J connectivity index is 2.27. The molecular formula is C20H10O2. The summed E-state index contributed by atoms with van der Waals surface area (Å²) in [6, 6.07) is 18.7. The monoisotopic (exact) mass is 282 g/mol. The van der Waals surface area contributed by atoms with E-state index in [4.69, 9.17) is 0 Å². The summed E-state index contributed by atoms with van der Waals surface area (Å²) >= 11 is 0. The van der Waals surface area contributed by atoms with Crippen molar-refractivity contribution in [2.45, 2.75) is 0 Å². The van der Waals surface area contributed by atoms with Crippen LogP contribution in [0.25, 0.3) is 43.1 Å². The fourth-order valence-electron chi connectivity index (χ4n) is 3.57. The van der Waals surface area contributed by atoms with Gasteiger partial charge in [0.1, 0.15) is 0 Å². The van der Waals surface area contributed by atoms with Crippen molar-refractivity contribution in [2.75, 3.05) is 0 Å². The molecule has 5 rings (SSSR count). The summed E-state index contributed by atoms with van der Waals surface area (Å²) in [5.41, 5.74) is -0.0237. The lowest BCUT2D eigenvalue weighted by molar-refractivity contribution is 1.65. The Morgan fingerprint density at radius 1 is 0.545 bits per heavy atom. The number of benzene rings is 5. The second kappa shape index (κ2) is 3.80. The minimum Gasteiger partial charge on any atom is -0.290 e. The zero-order valence-electron chi connectivity index (χ0n) is 11.6. The van der Waals surface area contributed by atoms with E-state index in [0.29, 0.717) is 0 Å². The molecule has 0 fully saturated rings.